The Morgan fingerprint density at radius 3 is 2.31 bits per heavy atom. The Balaban J connectivity index is 2.11. The third-order valence-corrected chi connectivity index (χ3v) is 3.03. The van der Waals surface area contributed by atoms with Crippen LogP contribution in [0, 0.1) is 13.8 Å². The van der Waals surface area contributed by atoms with Gasteiger partial charge in [-0.3, -0.25) is 4.68 Å². The number of halogens is 1. The predicted molar refractivity (Wildman–Crippen MR) is 68.4 cm³/mol. The van der Waals surface area contributed by atoms with Crippen molar-refractivity contribution in [1.82, 2.24) is 4.68 Å². The highest BCUT2D eigenvalue weighted by molar-refractivity contribution is 6.31. The van der Waals surface area contributed by atoms with E-state index in [1.165, 1.54) is 11.4 Å². The molecule has 3 heteroatoms. The van der Waals surface area contributed by atoms with E-state index >= 15 is 0 Å². The molecule has 2 nitrogen and oxygen atoms in total. The lowest BCUT2D eigenvalue weighted by molar-refractivity contribution is 0.792. The fourth-order valence-electron chi connectivity index (χ4n) is 1.72. The Morgan fingerprint density at radius 1 is 1.06 bits per heavy atom. The molecule has 16 heavy (non-hydrogen) atoms. The summed E-state index contributed by atoms with van der Waals surface area (Å²) >= 11 is 6.09. The van der Waals surface area contributed by atoms with Crippen molar-refractivity contribution < 1.29 is 0 Å². The predicted octanol–water partition coefficient (Wildman–Crippen LogP) is 3.50. The Bertz CT molecular complexity index is 469. The quantitative estimate of drug-likeness (QED) is 0.860. The maximum absolute atomic E-state index is 6.09. The molecule has 1 aromatic carbocycles. The van der Waals surface area contributed by atoms with Gasteiger partial charge in [0.2, 0.25) is 0 Å². The van der Waals surface area contributed by atoms with Gasteiger partial charge in [0.05, 0.1) is 6.54 Å². The Labute approximate surface area is 101 Å². The molecule has 0 aliphatic heterocycles. The van der Waals surface area contributed by atoms with Gasteiger partial charge < -0.3 is 5.43 Å². The molecule has 0 atom stereocenters. The van der Waals surface area contributed by atoms with Crippen molar-refractivity contribution in [2.45, 2.75) is 20.4 Å². The molecule has 0 saturated carbocycles. The number of nitrogens with one attached hydrogen (secondary N) is 1. The Kier molecular flexibility index (Phi) is 3.20. The second kappa shape index (κ2) is 4.62. The van der Waals surface area contributed by atoms with Crippen LogP contribution in [0.3, 0.4) is 0 Å². The molecule has 0 radical (unpaired) electrons. The Morgan fingerprint density at radius 2 is 1.69 bits per heavy atom. The zero-order valence-corrected chi connectivity index (χ0v) is 10.3. The maximum atomic E-state index is 6.09. The normalized spacial score (nSPS) is 10.4. The van der Waals surface area contributed by atoms with Crippen LogP contribution in [-0.2, 0) is 6.54 Å². The molecule has 0 unspecified atom stereocenters. The van der Waals surface area contributed by atoms with E-state index in [1.807, 2.05) is 24.3 Å². The van der Waals surface area contributed by atoms with Gasteiger partial charge in [-0.15, -0.1) is 0 Å². The zero-order valence-electron chi connectivity index (χ0n) is 9.50. The summed E-state index contributed by atoms with van der Waals surface area (Å²) < 4.78 is 2.07. The molecular weight excluding hydrogens is 220 g/mol. The molecule has 2 rings (SSSR count). The van der Waals surface area contributed by atoms with E-state index < -0.39 is 0 Å². The van der Waals surface area contributed by atoms with Gasteiger partial charge in [-0.05, 0) is 37.6 Å². The van der Waals surface area contributed by atoms with Gasteiger partial charge in [0.1, 0.15) is 0 Å². The van der Waals surface area contributed by atoms with Crippen LogP contribution in [-0.4, -0.2) is 4.68 Å². The van der Waals surface area contributed by atoms with E-state index in [0.29, 0.717) is 0 Å². The fourth-order valence-corrected chi connectivity index (χ4v) is 1.93. The van der Waals surface area contributed by atoms with Crippen molar-refractivity contribution in [3.63, 3.8) is 0 Å². The van der Waals surface area contributed by atoms with Crippen LogP contribution in [0.15, 0.2) is 36.4 Å². The van der Waals surface area contributed by atoms with Gasteiger partial charge in [-0.1, -0.05) is 29.8 Å². The van der Waals surface area contributed by atoms with Crippen LogP contribution in [0.1, 0.15) is 17.0 Å². The number of benzene rings is 1. The molecule has 1 aromatic heterocycles. The summed E-state index contributed by atoms with van der Waals surface area (Å²) in [5.41, 5.74) is 6.86. The SMILES string of the molecule is Cc1ccc(C)n1NCc1ccccc1Cl. The standard InChI is InChI=1S/C13H15ClN2/c1-10-7-8-11(2)16(10)15-9-12-5-3-4-6-13(12)14/h3-8,15H,9H2,1-2H3. The van der Waals surface area contributed by atoms with E-state index in [4.69, 9.17) is 11.6 Å². The monoisotopic (exact) mass is 234 g/mol. The summed E-state index contributed by atoms with van der Waals surface area (Å²) in [6.45, 7) is 4.88. The van der Waals surface area contributed by atoms with Crippen LogP contribution in [0.4, 0.5) is 0 Å². The molecule has 84 valence electrons. The summed E-state index contributed by atoms with van der Waals surface area (Å²) in [5, 5.41) is 0.803. The lowest BCUT2D eigenvalue weighted by atomic mass is 10.2. The number of aryl methyl sites for hydroxylation is 2. The Hall–Kier alpha value is -1.41. The van der Waals surface area contributed by atoms with Crippen LogP contribution in [0.5, 0.6) is 0 Å². The summed E-state index contributed by atoms with van der Waals surface area (Å²) in [6, 6.07) is 12.1. The van der Waals surface area contributed by atoms with Gasteiger partial charge >= 0.3 is 0 Å². The molecule has 0 spiro atoms. The number of hydrogen-bond donors (Lipinski definition) is 1. The second-order valence-corrected chi connectivity index (χ2v) is 4.29. The van der Waals surface area contributed by atoms with Gasteiger partial charge in [0.25, 0.3) is 0 Å². The summed E-state index contributed by atoms with van der Waals surface area (Å²) in [6.07, 6.45) is 0. The molecule has 0 fully saturated rings. The van der Waals surface area contributed by atoms with Gasteiger partial charge in [0.15, 0.2) is 0 Å². The minimum absolute atomic E-state index is 0.732. The number of hydrogen-bond acceptors (Lipinski definition) is 1. The van der Waals surface area contributed by atoms with E-state index in [0.717, 1.165) is 17.1 Å². The minimum Gasteiger partial charge on any atom is -0.321 e. The second-order valence-electron chi connectivity index (χ2n) is 3.88. The van der Waals surface area contributed by atoms with Gasteiger partial charge in [0, 0.05) is 16.4 Å². The van der Waals surface area contributed by atoms with Crippen LogP contribution in [0.25, 0.3) is 0 Å². The third-order valence-electron chi connectivity index (χ3n) is 2.66. The third kappa shape index (κ3) is 2.22. The van der Waals surface area contributed by atoms with E-state index in [-0.39, 0.29) is 0 Å². The molecule has 0 bridgehead atoms. The lowest BCUT2D eigenvalue weighted by Crippen LogP contribution is -2.17. The molecular formula is C13H15ClN2. The molecule has 0 saturated heterocycles. The zero-order chi connectivity index (χ0) is 11.5. The molecule has 1 heterocycles. The number of nitrogens with zero attached hydrogens (tertiary/aromatic N) is 1. The van der Waals surface area contributed by atoms with Crippen molar-refractivity contribution >= 4 is 11.6 Å². The van der Waals surface area contributed by atoms with Crippen molar-refractivity contribution in [3.05, 3.63) is 58.4 Å². The first-order chi connectivity index (χ1) is 7.68. The van der Waals surface area contributed by atoms with Crippen molar-refractivity contribution in [1.29, 1.82) is 0 Å². The first-order valence-electron chi connectivity index (χ1n) is 5.30. The van der Waals surface area contributed by atoms with Crippen molar-refractivity contribution in [2.24, 2.45) is 0 Å². The van der Waals surface area contributed by atoms with Gasteiger partial charge in [-0.25, -0.2) is 0 Å². The van der Waals surface area contributed by atoms with Crippen LogP contribution in [0.2, 0.25) is 5.02 Å². The number of rotatable bonds is 3. The smallest absolute Gasteiger partial charge is 0.0579 e. The highest BCUT2D eigenvalue weighted by Gasteiger charge is 2.02. The summed E-state index contributed by atoms with van der Waals surface area (Å²) in [4.78, 5) is 0. The summed E-state index contributed by atoms with van der Waals surface area (Å²) in [7, 11) is 0. The highest BCUT2D eigenvalue weighted by Crippen LogP contribution is 2.15. The average molecular weight is 235 g/mol. The molecule has 1 N–H and O–H groups in total. The summed E-state index contributed by atoms with van der Waals surface area (Å²) in [5.74, 6) is 0. The van der Waals surface area contributed by atoms with Crippen molar-refractivity contribution in [3.8, 4) is 0 Å². The minimum atomic E-state index is 0.732. The first-order valence-corrected chi connectivity index (χ1v) is 5.68. The lowest BCUT2D eigenvalue weighted by Gasteiger charge is -2.13. The molecule has 0 amide bonds. The van der Waals surface area contributed by atoms with E-state index in [2.05, 4.69) is 36.1 Å². The van der Waals surface area contributed by atoms with Crippen molar-refractivity contribution in [2.75, 3.05) is 5.43 Å². The topological polar surface area (TPSA) is 17.0 Å². The van der Waals surface area contributed by atoms with Crippen LogP contribution < -0.4 is 5.43 Å². The molecule has 0 aliphatic carbocycles. The van der Waals surface area contributed by atoms with Crippen LogP contribution >= 0.6 is 11.6 Å². The average Bonchev–Trinajstić information content (AvgIpc) is 2.58. The highest BCUT2D eigenvalue weighted by atomic mass is 35.5. The molecule has 0 aliphatic rings. The van der Waals surface area contributed by atoms with E-state index in [9.17, 15) is 0 Å². The van der Waals surface area contributed by atoms with Gasteiger partial charge in [-0.2, -0.15) is 0 Å². The maximum Gasteiger partial charge on any atom is 0.0579 e. The number of aromatic nitrogens is 1. The van der Waals surface area contributed by atoms with E-state index in [1.54, 1.807) is 0 Å². The largest absolute Gasteiger partial charge is 0.321 e. The fraction of sp³-hybridized carbons (Fsp3) is 0.231. The first kappa shape index (κ1) is 11.1. The molecule has 2 aromatic rings.